The molecule has 6 heteroatoms. The van der Waals surface area contributed by atoms with E-state index in [9.17, 15) is 9.59 Å². The average molecular weight is 596 g/mol. The highest BCUT2D eigenvalue weighted by molar-refractivity contribution is 6.24. The van der Waals surface area contributed by atoms with Crippen molar-refractivity contribution in [3.8, 4) is 27.9 Å². The van der Waals surface area contributed by atoms with Crippen LogP contribution < -0.4 is 10.6 Å². The van der Waals surface area contributed by atoms with Gasteiger partial charge in [0.15, 0.2) is 0 Å². The van der Waals surface area contributed by atoms with Gasteiger partial charge in [-0.2, -0.15) is 0 Å². The molecular weight excluding hydrogens is 570 g/mol. The van der Waals surface area contributed by atoms with Crippen LogP contribution in [-0.4, -0.2) is 16.4 Å². The fraction of sp³-hybridized carbons (Fsp3) is 0. The predicted molar refractivity (Wildman–Crippen MR) is 183 cm³/mol. The summed E-state index contributed by atoms with van der Waals surface area (Å²) in [4.78, 5) is 27.4. The van der Waals surface area contributed by atoms with Gasteiger partial charge < -0.3 is 14.3 Å². The molecule has 0 unspecified atom stereocenters. The SMILES string of the molecule is O=C1NC(=O)c2c(oc3ccccc23)Nc2cccc(-c3cccc4c3c3ccccc3n4-c3cccc(-c4ccccc4)c3)c21. The zero-order chi connectivity index (χ0) is 30.8. The fourth-order valence-corrected chi connectivity index (χ4v) is 6.81. The predicted octanol–water partition coefficient (Wildman–Crippen LogP) is 9.49. The number of amides is 2. The number of furan rings is 1. The van der Waals surface area contributed by atoms with Crippen molar-refractivity contribution < 1.29 is 14.0 Å². The smallest absolute Gasteiger partial charge is 0.264 e. The molecule has 2 amide bonds. The molecule has 2 N–H and O–H groups in total. The van der Waals surface area contributed by atoms with Crippen molar-refractivity contribution in [3.05, 3.63) is 151 Å². The number of carbonyl (C=O) groups excluding carboxylic acids is 2. The molecule has 0 radical (unpaired) electrons. The standard InChI is InChI=1S/C40H25N3O3/c44-38-36-28(17-9-19-31(36)41-40-37(39(45)42-38)30-16-5-7-22-34(30)46-40)27-18-10-21-33-35(27)29-15-4-6-20-32(29)43(33)26-14-8-13-25(23-26)24-11-2-1-3-12-24/h1-23,41H,(H,42,44,45). The molecule has 0 aliphatic carbocycles. The summed E-state index contributed by atoms with van der Waals surface area (Å²) in [5, 5.41) is 8.64. The van der Waals surface area contributed by atoms with Gasteiger partial charge in [-0.1, -0.05) is 103 Å². The van der Waals surface area contributed by atoms with E-state index >= 15 is 0 Å². The number of hydrogen-bond acceptors (Lipinski definition) is 4. The number of imide groups is 1. The Labute approximate surface area is 263 Å². The molecule has 218 valence electrons. The number of anilines is 2. The van der Waals surface area contributed by atoms with Crippen LogP contribution in [0.2, 0.25) is 0 Å². The van der Waals surface area contributed by atoms with Crippen molar-refractivity contribution in [2.24, 2.45) is 0 Å². The fourth-order valence-electron chi connectivity index (χ4n) is 6.81. The van der Waals surface area contributed by atoms with Gasteiger partial charge in [-0.3, -0.25) is 14.9 Å². The Kier molecular flexibility index (Phi) is 5.70. The van der Waals surface area contributed by atoms with Crippen LogP contribution in [0, 0.1) is 0 Å². The molecule has 6 aromatic carbocycles. The number of nitrogens with zero attached hydrogens (tertiary/aromatic N) is 1. The lowest BCUT2D eigenvalue weighted by Crippen LogP contribution is -2.33. The summed E-state index contributed by atoms with van der Waals surface area (Å²) in [5.74, 6) is -0.681. The summed E-state index contributed by atoms with van der Waals surface area (Å²) in [6.45, 7) is 0. The van der Waals surface area contributed by atoms with Crippen molar-refractivity contribution in [2.75, 3.05) is 5.32 Å². The summed E-state index contributed by atoms with van der Waals surface area (Å²) < 4.78 is 8.34. The van der Waals surface area contributed by atoms with E-state index in [-0.39, 0.29) is 0 Å². The van der Waals surface area contributed by atoms with Crippen molar-refractivity contribution >= 4 is 56.2 Å². The van der Waals surface area contributed by atoms with E-state index in [0.29, 0.717) is 39.2 Å². The molecule has 46 heavy (non-hydrogen) atoms. The first-order valence-corrected chi connectivity index (χ1v) is 15.1. The Morgan fingerprint density at radius 3 is 2.09 bits per heavy atom. The Morgan fingerprint density at radius 1 is 0.522 bits per heavy atom. The molecule has 1 aliphatic heterocycles. The third-order valence-corrected chi connectivity index (χ3v) is 8.79. The largest absolute Gasteiger partial charge is 0.440 e. The van der Waals surface area contributed by atoms with E-state index in [1.807, 2.05) is 78.9 Å². The Balaban J connectivity index is 1.27. The summed E-state index contributed by atoms with van der Waals surface area (Å²) in [6, 6.07) is 46.4. The quantitative estimate of drug-likeness (QED) is 0.200. The van der Waals surface area contributed by atoms with E-state index in [0.717, 1.165) is 44.2 Å². The first-order chi connectivity index (χ1) is 22.7. The summed E-state index contributed by atoms with van der Waals surface area (Å²) in [6.07, 6.45) is 0. The van der Waals surface area contributed by atoms with Crippen LogP contribution in [0.25, 0.3) is 60.7 Å². The van der Waals surface area contributed by atoms with Gasteiger partial charge in [-0.15, -0.1) is 0 Å². The van der Waals surface area contributed by atoms with Crippen molar-refractivity contribution in [1.82, 2.24) is 9.88 Å². The van der Waals surface area contributed by atoms with E-state index in [1.165, 1.54) is 0 Å². The van der Waals surface area contributed by atoms with E-state index in [1.54, 1.807) is 6.07 Å². The summed E-state index contributed by atoms with van der Waals surface area (Å²) in [5.41, 5.74) is 8.78. The maximum Gasteiger partial charge on any atom is 0.264 e. The van der Waals surface area contributed by atoms with Gasteiger partial charge in [-0.05, 0) is 58.7 Å². The monoisotopic (exact) mass is 595 g/mol. The number of carbonyl (C=O) groups is 2. The first kappa shape index (κ1) is 26.0. The van der Waals surface area contributed by atoms with Gasteiger partial charge in [0.2, 0.25) is 5.88 Å². The molecule has 0 saturated carbocycles. The molecule has 9 rings (SSSR count). The van der Waals surface area contributed by atoms with Crippen LogP contribution in [0.4, 0.5) is 11.6 Å². The molecule has 0 saturated heterocycles. The van der Waals surface area contributed by atoms with Gasteiger partial charge in [0.1, 0.15) is 11.1 Å². The Hall–Kier alpha value is -6.40. The second kappa shape index (κ2) is 10.1. The maximum atomic E-state index is 13.9. The molecule has 1 aliphatic rings. The topological polar surface area (TPSA) is 76.3 Å². The molecule has 6 nitrogen and oxygen atoms in total. The molecule has 0 spiro atoms. The lowest BCUT2D eigenvalue weighted by atomic mass is 9.93. The average Bonchev–Trinajstić information content (AvgIpc) is 3.63. The van der Waals surface area contributed by atoms with Gasteiger partial charge in [0.25, 0.3) is 11.8 Å². The lowest BCUT2D eigenvalue weighted by molar-refractivity contribution is 0.0850. The van der Waals surface area contributed by atoms with Crippen molar-refractivity contribution in [1.29, 1.82) is 0 Å². The second-order valence-electron chi connectivity index (χ2n) is 11.4. The van der Waals surface area contributed by atoms with E-state index < -0.39 is 11.8 Å². The highest BCUT2D eigenvalue weighted by atomic mass is 16.4. The van der Waals surface area contributed by atoms with Gasteiger partial charge in [0.05, 0.1) is 22.3 Å². The van der Waals surface area contributed by atoms with E-state index in [4.69, 9.17) is 4.42 Å². The van der Waals surface area contributed by atoms with Crippen LogP contribution in [-0.2, 0) is 0 Å². The van der Waals surface area contributed by atoms with Gasteiger partial charge in [0, 0.05) is 21.8 Å². The van der Waals surface area contributed by atoms with Crippen LogP contribution in [0.1, 0.15) is 20.7 Å². The minimum absolute atomic E-state index is 0.303. The van der Waals surface area contributed by atoms with E-state index in [2.05, 4.69) is 69.8 Å². The number of rotatable bonds is 3. The number of nitrogens with one attached hydrogen (secondary N) is 2. The normalized spacial score (nSPS) is 12.8. The van der Waals surface area contributed by atoms with Gasteiger partial charge in [-0.25, -0.2) is 0 Å². The number of hydrogen-bond donors (Lipinski definition) is 2. The number of aromatic nitrogens is 1. The minimum Gasteiger partial charge on any atom is -0.440 e. The molecule has 2 aromatic heterocycles. The first-order valence-electron chi connectivity index (χ1n) is 15.1. The van der Waals surface area contributed by atoms with Crippen LogP contribution >= 0.6 is 0 Å². The Morgan fingerprint density at radius 2 is 1.20 bits per heavy atom. The van der Waals surface area contributed by atoms with Crippen molar-refractivity contribution in [3.63, 3.8) is 0 Å². The van der Waals surface area contributed by atoms with Crippen molar-refractivity contribution in [2.45, 2.75) is 0 Å². The zero-order valence-corrected chi connectivity index (χ0v) is 24.5. The zero-order valence-electron chi connectivity index (χ0n) is 24.5. The van der Waals surface area contributed by atoms with Crippen LogP contribution in [0.3, 0.4) is 0 Å². The molecular formula is C40H25N3O3. The van der Waals surface area contributed by atoms with Crippen LogP contribution in [0.5, 0.6) is 0 Å². The number of fused-ring (bicyclic) bond motifs is 7. The molecule has 0 atom stereocenters. The second-order valence-corrected chi connectivity index (χ2v) is 11.4. The third kappa shape index (κ3) is 3.90. The number of para-hydroxylation sites is 2. The molecule has 3 heterocycles. The maximum absolute atomic E-state index is 13.9. The van der Waals surface area contributed by atoms with Crippen LogP contribution in [0.15, 0.2) is 144 Å². The summed E-state index contributed by atoms with van der Waals surface area (Å²) in [7, 11) is 0. The highest BCUT2D eigenvalue weighted by Gasteiger charge is 2.30. The third-order valence-electron chi connectivity index (χ3n) is 8.79. The molecule has 0 fully saturated rings. The Bertz CT molecular complexity index is 2520. The highest BCUT2D eigenvalue weighted by Crippen LogP contribution is 2.42. The molecule has 8 aromatic rings. The number of benzene rings is 6. The minimum atomic E-state index is -0.508. The molecule has 0 bridgehead atoms. The van der Waals surface area contributed by atoms with Gasteiger partial charge >= 0.3 is 0 Å². The lowest BCUT2D eigenvalue weighted by Gasteiger charge is -2.19. The summed E-state index contributed by atoms with van der Waals surface area (Å²) >= 11 is 0.